The largest absolute Gasteiger partial charge is 0.493 e. The second-order valence-corrected chi connectivity index (χ2v) is 8.41. The number of nitrogens with one attached hydrogen (secondary N) is 2. The van der Waals surface area contributed by atoms with Crippen molar-refractivity contribution in [3.05, 3.63) is 24.7 Å². The summed E-state index contributed by atoms with van der Waals surface area (Å²) in [7, 11) is 0.818. The van der Waals surface area contributed by atoms with Crippen LogP contribution in [0.4, 0.5) is 10.5 Å². The quantitative estimate of drug-likeness (QED) is 0.696. The van der Waals surface area contributed by atoms with Crippen molar-refractivity contribution in [3.63, 3.8) is 0 Å². The van der Waals surface area contributed by atoms with Crippen molar-refractivity contribution in [1.82, 2.24) is 19.2 Å². The number of hydrogen-bond donors (Lipinski definition) is 2. The maximum Gasteiger partial charge on any atom is 0.321 e. The number of nitrogens with zero attached hydrogens (tertiary/aromatic N) is 3. The fourth-order valence-electron chi connectivity index (χ4n) is 3.22. The van der Waals surface area contributed by atoms with Crippen molar-refractivity contribution in [2.24, 2.45) is 0 Å². The molecular formula is C18H25N5O6S. The van der Waals surface area contributed by atoms with Crippen LogP contribution in [0.25, 0.3) is 0 Å². The van der Waals surface area contributed by atoms with Crippen LogP contribution in [-0.4, -0.2) is 81.1 Å². The number of hydrogen-bond acceptors (Lipinski definition) is 7. The summed E-state index contributed by atoms with van der Waals surface area (Å²) in [6.07, 6.45) is 3.10. The lowest BCUT2D eigenvalue weighted by Gasteiger charge is -2.22. The van der Waals surface area contributed by atoms with Crippen molar-refractivity contribution in [1.29, 1.82) is 0 Å². The van der Waals surface area contributed by atoms with Crippen LogP contribution in [0.1, 0.15) is 6.42 Å². The number of ether oxygens (including phenoxy) is 3. The number of H-pyrrole nitrogens is 1. The highest BCUT2D eigenvalue weighted by Gasteiger charge is 2.29. The number of benzene rings is 1. The average molecular weight is 439 g/mol. The van der Waals surface area contributed by atoms with E-state index in [0.29, 0.717) is 42.4 Å². The van der Waals surface area contributed by atoms with Crippen LogP contribution in [0, 0.1) is 0 Å². The fourth-order valence-corrected chi connectivity index (χ4v) is 4.58. The summed E-state index contributed by atoms with van der Waals surface area (Å²) in [6, 6.07) is 2.92. The van der Waals surface area contributed by atoms with Crippen LogP contribution >= 0.6 is 0 Å². The van der Waals surface area contributed by atoms with E-state index in [2.05, 4.69) is 15.3 Å². The fraction of sp³-hybridized carbons (Fsp3) is 0.444. The van der Waals surface area contributed by atoms with Gasteiger partial charge in [-0.25, -0.2) is 18.2 Å². The van der Waals surface area contributed by atoms with E-state index in [0.717, 1.165) is 0 Å². The summed E-state index contributed by atoms with van der Waals surface area (Å²) >= 11 is 0. The van der Waals surface area contributed by atoms with E-state index in [4.69, 9.17) is 14.2 Å². The van der Waals surface area contributed by atoms with Gasteiger partial charge in [0.15, 0.2) is 16.5 Å². The maximum atomic E-state index is 12.8. The molecule has 0 saturated carbocycles. The molecule has 0 unspecified atom stereocenters. The molecule has 2 amide bonds. The Morgan fingerprint density at radius 3 is 2.33 bits per heavy atom. The summed E-state index contributed by atoms with van der Waals surface area (Å²) in [5.41, 5.74) is 0.473. The molecule has 0 radical (unpaired) electrons. The summed E-state index contributed by atoms with van der Waals surface area (Å²) < 4.78 is 42.6. The molecule has 1 aliphatic heterocycles. The number of amides is 2. The summed E-state index contributed by atoms with van der Waals surface area (Å²) in [4.78, 5) is 20.7. The smallest absolute Gasteiger partial charge is 0.321 e. The molecule has 2 aromatic rings. The van der Waals surface area contributed by atoms with Gasteiger partial charge in [0.1, 0.15) is 0 Å². The minimum Gasteiger partial charge on any atom is -0.493 e. The zero-order valence-corrected chi connectivity index (χ0v) is 17.9. The van der Waals surface area contributed by atoms with Gasteiger partial charge in [-0.15, -0.1) is 0 Å². The Morgan fingerprint density at radius 1 is 1.07 bits per heavy atom. The van der Waals surface area contributed by atoms with Crippen LogP contribution in [0.5, 0.6) is 17.2 Å². The Hall–Kier alpha value is -2.99. The number of sulfonamides is 1. The number of aromatic nitrogens is 2. The van der Waals surface area contributed by atoms with Crippen LogP contribution in [0.15, 0.2) is 29.7 Å². The van der Waals surface area contributed by atoms with Gasteiger partial charge in [0, 0.05) is 38.3 Å². The topological polar surface area (TPSA) is 126 Å². The van der Waals surface area contributed by atoms with E-state index >= 15 is 0 Å². The first-order valence-electron chi connectivity index (χ1n) is 9.25. The highest BCUT2D eigenvalue weighted by molar-refractivity contribution is 7.89. The lowest BCUT2D eigenvalue weighted by Crippen LogP contribution is -2.39. The molecule has 1 aromatic heterocycles. The number of anilines is 1. The average Bonchev–Trinajstić information content (AvgIpc) is 3.18. The highest BCUT2D eigenvalue weighted by Crippen LogP contribution is 2.40. The van der Waals surface area contributed by atoms with Gasteiger partial charge in [0.2, 0.25) is 5.75 Å². The lowest BCUT2D eigenvalue weighted by molar-refractivity contribution is 0.214. The minimum atomic E-state index is -3.67. The Morgan fingerprint density at radius 2 is 1.77 bits per heavy atom. The molecule has 2 heterocycles. The number of carbonyl (C=O) groups is 1. The van der Waals surface area contributed by atoms with Gasteiger partial charge in [0.05, 0.1) is 39.5 Å². The molecule has 0 atom stereocenters. The van der Waals surface area contributed by atoms with Crippen LogP contribution in [-0.2, 0) is 10.0 Å². The number of methoxy groups -OCH3 is 3. The Bertz CT molecular complexity index is 954. The number of aromatic amines is 1. The van der Waals surface area contributed by atoms with Crippen LogP contribution in [0.2, 0.25) is 0 Å². The van der Waals surface area contributed by atoms with E-state index < -0.39 is 10.0 Å². The second kappa shape index (κ2) is 9.22. The zero-order chi connectivity index (χ0) is 21.7. The van der Waals surface area contributed by atoms with Crippen molar-refractivity contribution < 1.29 is 27.4 Å². The Kier molecular flexibility index (Phi) is 6.67. The van der Waals surface area contributed by atoms with Crippen molar-refractivity contribution >= 4 is 21.7 Å². The molecule has 2 N–H and O–H groups in total. The molecule has 3 rings (SSSR count). The van der Waals surface area contributed by atoms with Crippen molar-refractivity contribution in [3.8, 4) is 17.2 Å². The Balaban J connectivity index is 1.70. The molecule has 12 heteroatoms. The second-order valence-electron chi connectivity index (χ2n) is 6.50. The standard InChI is InChI=1S/C18H25N5O6S/c1-27-14-9-13(10-15(28-2)17(14)29-3)21-18(24)22-5-4-6-23(8-7-22)30(25,26)16-11-19-12-20-16/h9-12H,4-8H2,1-3H3,(H,19,20)(H,21,24). The molecule has 1 fully saturated rings. The number of rotatable bonds is 6. The number of imidazole rings is 1. The predicted octanol–water partition coefficient (Wildman–Crippen LogP) is 1.36. The van der Waals surface area contributed by atoms with Gasteiger partial charge in [-0.1, -0.05) is 0 Å². The molecule has 164 valence electrons. The molecule has 11 nitrogen and oxygen atoms in total. The summed E-state index contributed by atoms with van der Waals surface area (Å²) in [6.45, 7) is 1.17. The van der Waals surface area contributed by atoms with E-state index in [1.54, 1.807) is 17.0 Å². The zero-order valence-electron chi connectivity index (χ0n) is 17.0. The van der Waals surface area contributed by atoms with E-state index in [-0.39, 0.29) is 24.1 Å². The van der Waals surface area contributed by atoms with Gasteiger partial charge < -0.3 is 29.4 Å². The molecule has 0 aliphatic carbocycles. The number of urea groups is 1. The van der Waals surface area contributed by atoms with Crippen LogP contribution < -0.4 is 19.5 Å². The molecule has 30 heavy (non-hydrogen) atoms. The van der Waals surface area contributed by atoms with E-state index in [9.17, 15) is 13.2 Å². The van der Waals surface area contributed by atoms with Gasteiger partial charge in [0.25, 0.3) is 10.0 Å². The van der Waals surface area contributed by atoms with Gasteiger partial charge >= 0.3 is 6.03 Å². The summed E-state index contributed by atoms with van der Waals surface area (Å²) in [5.74, 6) is 1.26. The molecule has 0 spiro atoms. The van der Waals surface area contributed by atoms with Gasteiger partial charge in [-0.2, -0.15) is 4.31 Å². The molecule has 1 aliphatic rings. The van der Waals surface area contributed by atoms with Gasteiger partial charge in [-0.3, -0.25) is 0 Å². The number of carbonyl (C=O) groups excluding carboxylic acids is 1. The molecular weight excluding hydrogens is 414 g/mol. The maximum absolute atomic E-state index is 12.8. The van der Waals surface area contributed by atoms with Gasteiger partial charge in [-0.05, 0) is 6.42 Å². The first kappa shape index (κ1) is 21.7. The monoisotopic (exact) mass is 439 g/mol. The SMILES string of the molecule is COc1cc(NC(=O)N2CCCN(S(=O)(=O)c3cnc[nH]3)CC2)cc(OC)c1OC. The first-order chi connectivity index (χ1) is 14.4. The van der Waals surface area contributed by atoms with E-state index in [1.807, 2.05) is 0 Å². The third-order valence-corrected chi connectivity index (χ3v) is 6.57. The minimum absolute atomic E-state index is 0.0397. The van der Waals surface area contributed by atoms with Crippen LogP contribution in [0.3, 0.4) is 0 Å². The molecule has 0 bridgehead atoms. The Labute approximate surface area is 175 Å². The molecule has 1 aromatic carbocycles. The lowest BCUT2D eigenvalue weighted by atomic mass is 10.2. The normalized spacial score (nSPS) is 15.4. The van der Waals surface area contributed by atoms with Crippen molar-refractivity contribution in [2.75, 3.05) is 52.8 Å². The molecule has 1 saturated heterocycles. The van der Waals surface area contributed by atoms with Crippen molar-refractivity contribution in [2.45, 2.75) is 11.4 Å². The summed E-state index contributed by atoms with van der Waals surface area (Å²) in [5, 5.41) is 2.85. The first-order valence-corrected chi connectivity index (χ1v) is 10.7. The third kappa shape index (κ3) is 4.44. The predicted molar refractivity (Wildman–Crippen MR) is 109 cm³/mol. The van der Waals surface area contributed by atoms with E-state index in [1.165, 1.54) is 38.2 Å². The highest BCUT2D eigenvalue weighted by atomic mass is 32.2. The third-order valence-electron chi connectivity index (χ3n) is 4.75.